The largest absolute Gasteiger partial charge is 0.391 e. The monoisotopic (exact) mass is 197 g/mol. The van der Waals surface area contributed by atoms with Gasteiger partial charge in [-0.1, -0.05) is 26.2 Å². The summed E-state index contributed by atoms with van der Waals surface area (Å²) in [7, 11) is 0. The Morgan fingerprint density at radius 1 is 1.07 bits per heavy atom. The second-order valence-electron chi connectivity index (χ2n) is 4.83. The van der Waals surface area contributed by atoms with Crippen LogP contribution in [-0.4, -0.2) is 34.7 Å². The van der Waals surface area contributed by atoms with Crippen LogP contribution in [0.4, 0.5) is 0 Å². The maximum Gasteiger partial charge on any atom is 0.0695 e. The van der Waals surface area contributed by atoms with Crippen LogP contribution in [0.1, 0.15) is 51.9 Å². The van der Waals surface area contributed by atoms with E-state index in [-0.39, 0.29) is 6.10 Å². The predicted octanol–water partition coefficient (Wildman–Crippen LogP) is 2.16. The molecular weight excluding hydrogens is 174 g/mol. The number of aliphatic hydroxyl groups is 1. The minimum atomic E-state index is -0.0574. The van der Waals surface area contributed by atoms with Gasteiger partial charge >= 0.3 is 0 Å². The standard InChI is InChI=1S/C12H23NO/c1-2-13(10-8-9-10)11-6-4-3-5-7-12(11)14/h10-12,14H,2-9H2,1H3. The van der Waals surface area contributed by atoms with Gasteiger partial charge in [-0.25, -0.2) is 0 Å². The fourth-order valence-electron chi connectivity index (χ4n) is 2.83. The highest BCUT2D eigenvalue weighted by Crippen LogP contribution is 2.32. The molecule has 2 aliphatic rings. The molecule has 2 aliphatic carbocycles. The molecule has 0 aromatic carbocycles. The van der Waals surface area contributed by atoms with Gasteiger partial charge in [-0.3, -0.25) is 4.90 Å². The van der Waals surface area contributed by atoms with Crippen LogP contribution < -0.4 is 0 Å². The van der Waals surface area contributed by atoms with Gasteiger partial charge in [0.25, 0.3) is 0 Å². The van der Waals surface area contributed by atoms with E-state index in [0.29, 0.717) is 6.04 Å². The molecule has 82 valence electrons. The highest BCUT2D eigenvalue weighted by Gasteiger charge is 2.36. The second kappa shape index (κ2) is 4.63. The van der Waals surface area contributed by atoms with Crippen LogP contribution >= 0.6 is 0 Å². The molecule has 14 heavy (non-hydrogen) atoms. The molecule has 2 nitrogen and oxygen atoms in total. The Bertz CT molecular complexity index is 179. The Morgan fingerprint density at radius 2 is 1.79 bits per heavy atom. The van der Waals surface area contributed by atoms with Crippen LogP contribution in [0.5, 0.6) is 0 Å². The molecule has 0 saturated heterocycles. The lowest BCUT2D eigenvalue weighted by Crippen LogP contribution is -2.44. The normalized spacial score (nSPS) is 34.5. The maximum absolute atomic E-state index is 10.1. The van der Waals surface area contributed by atoms with E-state index in [9.17, 15) is 5.11 Å². The predicted molar refractivity (Wildman–Crippen MR) is 58.3 cm³/mol. The molecule has 2 saturated carbocycles. The van der Waals surface area contributed by atoms with Crippen molar-refractivity contribution in [3.63, 3.8) is 0 Å². The number of aliphatic hydroxyl groups excluding tert-OH is 1. The molecular formula is C12H23NO. The first-order valence-corrected chi connectivity index (χ1v) is 6.26. The molecule has 1 N–H and O–H groups in total. The van der Waals surface area contributed by atoms with E-state index in [0.717, 1.165) is 19.0 Å². The third-order valence-electron chi connectivity index (χ3n) is 3.75. The van der Waals surface area contributed by atoms with Crippen LogP contribution in [0.15, 0.2) is 0 Å². The fraction of sp³-hybridized carbons (Fsp3) is 1.00. The lowest BCUT2D eigenvalue weighted by Gasteiger charge is -2.33. The molecule has 2 unspecified atom stereocenters. The van der Waals surface area contributed by atoms with Gasteiger partial charge < -0.3 is 5.11 Å². The lowest BCUT2D eigenvalue weighted by molar-refractivity contribution is 0.0422. The molecule has 2 fully saturated rings. The molecule has 0 radical (unpaired) electrons. The summed E-state index contributed by atoms with van der Waals surface area (Å²) in [6.07, 6.45) is 8.74. The minimum Gasteiger partial charge on any atom is -0.391 e. The van der Waals surface area contributed by atoms with Crippen molar-refractivity contribution in [1.29, 1.82) is 0 Å². The Labute approximate surface area is 87.3 Å². The van der Waals surface area contributed by atoms with Crippen molar-refractivity contribution >= 4 is 0 Å². The van der Waals surface area contributed by atoms with Gasteiger partial charge in [0.1, 0.15) is 0 Å². The molecule has 0 heterocycles. The molecule has 0 aromatic heterocycles. The van der Waals surface area contributed by atoms with E-state index in [1.54, 1.807) is 0 Å². The van der Waals surface area contributed by atoms with Gasteiger partial charge in [0.15, 0.2) is 0 Å². The number of likely N-dealkylation sites (N-methyl/N-ethyl adjacent to an activating group) is 1. The Balaban J connectivity index is 1.96. The SMILES string of the molecule is CCN(C1CC1)C1CCCCCC1O. The first-order valence-electron chi connectivity index (χ1n) is 6.26. The third kappa shape index (κ3) is 2.29. The summed E-state index contributed by atoms with van der Waals surface area (Å²) in [6.45, 7) is 3.35. The quantitative estimate of drug-likeness (QED) is 0.701. The van der Waals surface area contributed by atoms with Crippen LogP contribution in [0.25, 0.3) is 0 Å². The Hall–Kier alpha value is -0.0800. The van der Waals surface area contributed by atoms with E-state index in [1.165, 1.54) is 38.5 Å². The molecule has 0 aromatic rings. The van der Waals surface area contributed by atoms with Crippen molar-refractivity contribution in [1.82, 2.24) is 4.90 Å². The third-order valence-corrected chi connectivity index (χ3v) is 3.75. The van der Waals surface area contributed by atoms with Crippen molar-refractivity contribution in [3.8, 4) is 0 Å². The summed E-state index contributed by atoms with van der Waals surface area (Å²) in [6, 6.07) is 1.27. The van der Waals surface area contributed by atoms with E-state index in [1.807, 2.05) is 0 Å². The van der Waals surface area contributed by atoms with Gasteiger partial charge in [-0.2, -0.15) is 0 Å². The average Bonchev–Trinajstić information content (AvgIpc) is 2.98. The topological polar surface area (TPSA) is 23.5 Å². The zero-order chi connectivity index (χ0) is 9.97. The summed E-state index contributed by atoms with van der Waals surface area (Å²) in [5.41, 5.74) is 0. The number of hydrogen-bond acceptors (Lipinski definition) is 2. The average molecular weight is 197 g/mol. The molecule has 2 rings (SSSR count). The molecule has 2 heteroatoms. The lowest BCUT2D eigenvalue weighted by atomic mass is 10.0. The minimum absolute atomic E-state index is 0.0574. The fourth-order valence-corrected chi connectivity index (χ4v) is 2.83. The highest BCUT2D eigenvalue weighted by atomic mass is 16.3. The van der Waals surface area contributed by atoms with Gasteiger partial charge in [0.05, 0.1) is 6.10 Å². The molecule has 2 atom stereocenters. The molecule has 0 amide bonds. The van der Waals surface area contributed by atoms with Gasteiger partial charge in [0, 0.05) is 12.1 Å². The Kier molecular flexibility index (Phi) is 3.45. The number of nitrogens with zero attached hydrogens (tertiary/aromatic N) is 1. The van der Waals surface area contributed by atoms with Gasteiger partial charge in [-0.15, -0.1) is 0 Å². The first kappa shape index (κ1) is 10.4. The van der Waals surface area contributed by atoms with Crippen LogP contribution in [0.2, 0.25) is 0 Å². The van der Waals surface area contributed by atoms with Gasteiger partial charge in [0.2, 0.25) is 0 Å². The van der Waals surface area contributed by atoms with Crippen molar-refractivity contribution in [3.05, 3.63) is 0 Å². The van der Waals surface area contributed by atoms with E-state index >= 15 is 0 Å². The van der Waals surface area contributed by atoms with Crippen LogP contribution in [-0.2, 0) is 0 Å². The van der Waals surface area contributed by atoms with E-state index in [2.05, 4.69) is 11.8 Å². The van der Waals surface area contributed by atoms with E-state index < -0.39 is 0 Å². The van der Waals surface area contributed by atoms with Gasteiger partial charge in [-0.05, 0) is 32.2 Å². The maximum atomic E-state index is 10.1. The molecule has 0 bridgehead atoms. The van der Waals surface area contributed by atoms with Crippen molar-refractivity contribution in [2.24, 2.45) is 0 Å². The van der Waals surface area contributed by atoms with E-state index in [4.69, 9.17) is 0 Å². The summed E-state index contributed by atoms with van der Waals surface area (Å²) in [5, 5.41) is 10.1. The highest BCUT2D eigenvalue weighted by molar-refractivity contribution is 4.91. The van der Waals surface area contributed by atoms with Crippen LogP contribution in [0.3, 0.4) is 0 Å². The number of rotatable bonds is 3. The first-order chi connectivity index (χ1) is 6.83. The van der Waals surface area contributed by atoms with Crippen LogP contribution in [0, 0.1) is 0 Å². The number of hydrogen-bond donors (Lipinski definition) is 1. The molecule has 0 aliphatic heterocycles. The zero-order valence-corrected chi connectivity index (χ0v) is 9.28. The summed E-state index contributed by atoms with van der Waals surface area (Å²) >= 11 is 0. The summed E-state index contributed by atoms with van der Waals surface area (Å²) in [4.78, 5) is 2.55. The summed E-state index contributed by atoms with van der Waals surface area (Å²) in [5.74, 6) is 0. The van der Waals surface area contributed by atoms with Crippen molar-refractivity contribution in [2.75, 3.05) is 6.54 Å². The Morgan fingerprint density at radius 3 is 2.43 bits per heavy atom. The molecule has 0 spiro atoms. The zero-order valence-electron chi connectivity index (χ0n) is 9.28. The van der Waals surface area contributed by atoms with Crippen molar-refractivity contribution < 1.29 is 5.11 Å². The summed E-state index contributed by atoms with van der Waals surface area (Å²) < 4.78 is 0. The smallest absolute Gasteiger partial charge is 0.0695 e. The van der Waals surface area contributed by atoms with Crippen molar-refractivity contribution in [2.45, 2.75) is 70.1 Å². The second-order valence-corrected chi connectivity index (χ2v) is 4.83.